The molecule has 19 heavy (non-hydrogen) atoms. The number of aryl methyl sites for hydroxylation is 1. The zero-order valence-electron chi connectivity index (χ0n) is 11.7. The first-order chi connectivity index (χ1) is 9.22. The van der Waals surface area contributed by atoms with Gasteiger partial charge in [0.25, 0.3) is 0 Å². The normalized spacial score (nSPS) is 19.7. The molecule has 0 spiro atoms. The van der Waals surface area contributed by atoms with Crippen molar-refractivity contribution in [2.24, 2.45) is 0 Å². The minimum atomic E-state index is 0.112. The molecule has 0 N–H and O–H groups in total. The smallest absolute Gasteiger partial charge is 0.247 e. The van der Waals surface area contributed by atoms with Crippen LogP contribution in [0.2, 0.25) is 0 Å². The summed E-state index contributed by atoms with van der Waals surface area (Å²) in [6, 6.07) is 8.75. The Morgan fingerprint density at radius 2 is 2.00 bits per heavy atom. The third-order valence-electron chi connectivity index (χ3n) is 3.54. The molecular formula is C17H21NO. The zero-order chi connectivity index (χ0) is 13.7. The largest absolute Gasteiger partial charge is 0.332 e. The van der Waals surface area contributed by atoms with Gasteiger partial charge in [-0.2, -0.15) is 0 Å². The molecule has 1 aromatic rings. The van der Waals surface area contributed by atoms with Gasteiger partial charge in [0.1, 0.15) is 0 Å². The molecule has 1 heterocycles. The van der Waals surface area contributed by atoms with Crippen LogP contribution in [0.3, 0.4) is 0 Å². The van der Waals surface area contributed by atoms with Crippen molar-refractivity contribution in [3.05, 3.63) is 59.7 Å². The number of benzene rings is 1. The summed E-state index contributed by atoms with van der Waals surface area (Å²) in [5.41, 5.74) is 2.50. The zero-order valence-corrected chi connectivity index (χ0v) is 11.7. The summed E-state index contributed by atoms with van der Waals surface area (Å²) in [5.74, 6) is 0.112. The lowest BCUT2D eigenvalue weighted by atomic mass is 10.0. The summed E-state index contributed by atoms with van der Waals surface area (Å²) in [5, 5.41) is 0. The molecule has 2 nitrogen and oxygen atoms in total. The molecule has 1 atom stereocenters. The van der Waals surface area contributed by atoms with E-state index in [1.165, 1.54) is 11.1 Å². The highest BCUT2D eigenvalue weighted by molar-refractivity contribution is 5.88. The Labute approximate surface area is 115 Å². The van der Waals surface area contributed by atoms with Crippen LogP contribution in [0.25, 0.3) is 0 Å². The third-order valence-corrected chi connectivity index (χ3v) is 3.54. The maximum absolute atomic E-state index is 12.2. The fraction of sp³-hybridized carbons (Fsp3) is 0.353. The van der Waals surface area contributed by atoms with E-state index in [9.17, 15) is 4.79 Å². The molecule has 1 aromatic carbocycles. The van der Waals surface area contributed by atoms with Crippen LogP contribution in [0.15, 0.2) is 48.6 Å². The molecule has 0 bridgehead atoms. The molecule has 0 aromatic heterocycles. The molecule has 100 valence electrons. The summed E-state index contributed by atoms with van der Waals surface area (Å²) in [6.07, 6.45) is 9.42. The van der Waals surface area contributed by atoms with Crippen LogP contribution >= 0.6 is 0 Å². The second-order valence-corrected chi connectivity index (χ2v) is 4.99. The Kier molecular flexibility index (Phi) is 4.56. The molecule has 1 saturated heterocycles. The second kappa shape index (κ2) is 6.37. The molecule has 2 heteroatoms. The first kappa shape index (κ1) is 13.6. The van der Waals surface area contributed by atoms with E-state index in [1.807, 2.05) is 30.1 Å². The SMILES string of the molecule is C/C=C/C=C/C(=O)N1CCCC1c1ccc(C)cc1. The van der Waals surface area contributed by atoms with Crippen molar-refractivity contribution in [3.8, 4) is 0 Å². The van der Waals surface area contributed by atoms with Crippen molar-refractivity contribution in [2.75, 3.05) is 6.54 Å². The second-order valence-electron chi connectivity index (χ2n) is 4.99. The molecule has 1 fully saturated rings. The van der Waals surface area contributed by atoms with Crippen molar-refractivity contribution in [2.45, 2.75) is 32.7 Å². The predicted octanol–water partition coefficient (Wildman–Crippen LogP) is 3.79. The lowest BCUT2D eigenvalue weighted by Gasteiger charge is -2.24. The maximum atomic E-state index is 12.2. The fourth-order valence-corrected chi connectivity index (χ4v) is 2.51. The van der Waals surface area contributed by atoms with Gasteiger partial charge >= 0.3 is 0 Å². The summed E-state index contributed by atoms with van der Waals surface area (Å²) in [4.78, 5) is 14.2. The lowest BCUT2D eigenvalue weighted by Crippen LogP contribution is -2.28. The van der Waals surface area contributed by atoms with Crippen LogP contribution in [-0.4, -0.2) is 17.4 Å². The predicted molar refractivity (Wildman–Crippen MR) is 78.8 cm³/mol. The van der Waals surface area contributed by atoms with E-state index in [4.69, 9.17) is 0 Å². The van der Waals surface area contributed by atoms with Gasteiger partial charge < -0.3 is 4.90 Å². The van der Waals surface area contributed by atoms with Gasteiger partial charge in [-0.05, 0) is 32.3 Å². The quantitative estimate of drug-likeness (QED) is 0.594. The van der Waals surface area contributed by atoms with Crippen LogP contribution in [0.4, 0.5) is 0 Å². The number of carbonyl (C=O) groups excluding carboxylic acids is 1. The first-order valence-corrected chi connectivity index (χ1v) is 6.89. The number of nitrogens with zero attached hydrogens (tertiary/aromatic N) is 1. The van der Waals surface area contributed by atoms with E-state index in [2.05, 4.69) is 31.2 Å². The average molecular weight is 255 g/mol. The van der Waals surface area contributed by atoms with E-state index in [1.54, 1.807) is 6.08 Å². The van der Waals surface area contributed by atoms with Crippen LogP contribution in [-0.2, 0) is 4.79 Å². The Hall–Kier alpha value is -1.83. The molecule has 1 aliphatic rings. The highest BCUT2D eigenvalue weighted by Gasteiger charge is 2.28. The van der Waals surface area contributed by atoms with Gasteiger partial charge in [0.05, 0.1) is 6.04 Å². The van der Waals surface area contributed by atoms with E-state index in [0.29, 0.717) is 0 Å². The van der Waals surface area contributed by atoms with Gasteiger partial charge in [-0.15, -0.1) is 0 Å². The van der Waals surface area contributed by atoms with Crippen molar-refractivity contribution in [3.63, 3.8) is 0 Å². The summed E-state index contributed by atoms with van der Waals surface area (Å²) in [6.45, 7) is 4.89. The summed E-state index contributed by atoms with van der Waals surface area (Å²) >= 11 is 0. The lowest BCUT2D eigenvalue weighted by molar-refractivity contribution is -0.126. The van der Waals surface area contributed by atoms with E-state index in [-0.39, 0.29) is 11.9 Å². The minimum Gasteiger partial charge on any atom is -0.332 e. The average Bonchev–Trinajstić information content (AvgIpc) is 2.89. The monoisotopic (exact) mass is 255 g/mol. The maximum Gasteiger partial charge on any atom is 0.247 e. The standard InChI is InChI=1S/C17H21NO/c1-3-4-5-8-17(19)18-13-6-7-16(18)15-11-9-14(2)10-12-15/h3-5,8-12,16H,6-7,13H2,1-2H3/b4-3+,8-5+. The van der Waals surface area contributed by atoms with Crippen molar-refractivity contribution in [1.29, 1.82) is 0 Å². The molecule has 1 unspecified atom stereocenters. The number of likely N-dealkylation sites (tertiary alicyclic amines) is 1. The van der Waals surface area contributed by atoms with Gasteiger partial charge in [-0.3, -0.25) is 4.79 Å². The molecule has 0 saturated carbocycles. The van der Waals surface area contributed by atoms with Crippen molar-refractivity contribution >= 4 is 5.91 Å². The van der Waals surface area contributed by atoms with Gasteiger partial charge in [0.2, 0.25) is 5.91 Å². The Bertz CT molecular complexity index is 484. The van der Waals surface area contributed by atoms with Gasteiger partial charge in [0, 0.05) is 12.6 Å². The van der Waals surface area contributed by atoms with Crippen LogP contribution in [0.1, 0.15) is 36.9 Å². The third kappa shape index (κ3) is 3.34. The summed E-state index contributed by atoms with van der Waals surface area (Å²) < 4.78 is 0. The highest BCUT2D eigenvalue weighted by atomic mass is 16.2. The Morgan fingerprint density at radius 3 is 2.68 bits per heavy atom. The number of allylic oxidation sites excluding steroid dienone is 3. The number of hydrogen-bond donors (Lipinski definition) is 0. The number of rotatable bonds is 3. The minimum absolute atomic E-state index is 0.112. The summed E-state index contributed by atoms with van der Waals surface area (Å²) in [7, 11) is 0. The molecular weight excluding hydrogens is 234 g/mol. The van der Waals surface area contributed by atoms with E-state index < -0.39 is 0 Å². The molecule has 2 rings (SSSR count). The van der Waals surface area contributed by atoms with Gasteiger partial charge in [-0.1, -0.05) is 48.1 Å². The highest BCUT2D eigenvalue weighted by Crippen LogP contribution is 2.32. The Morgan fingerprint density at radius 1 is 1.26 bits per heavy atom. The topological polar surface area (TPSA) is 20.3 Å². The van der Waals surface area contributed by atoms with Crippen LogP contribution in [0, 0.1) is 6.92 Å². The van der Waals surface area contributed by atoms with Crippen LogP contribution in [0.5, 0.6) is 0 Å². The number of carbonyl (C=O) groups is 1. The molecule has 0 aliphatic carbocycles. The molecule has 1 amide bonds. The number of hydrogen-bond acceptors (Lipinski definition) is 1. The van der Waals surface area contributed by atoms with Crippen molar-refractivity contribution < 1.29 is 4.79 Å². The first-order valence-electron chi connectivity index (χ1n) is 6.89. The number of amides is 1. The fourth-order valence-electron chi connectivity index (χ4n) is 2.51. The van der Waals surface area contributed by atoms with Crippen LogP contribution < -0.4 is 0 Å². The molecule has 0 radical (unpaired) electrons. The van der Waals surface area contributed by atoms with E-state index in [0.717, 1.165) is 19.4 Å². The Balaban J connectivity index is 2.12. The van der Waals surface area contributed by atoms with E-state index >= 15 is 0 Å². The molecule has 1 aliphatic heterocycles. The van der Waals surface area contributed by atoms with Crippen molar-refractivity contribution in [1.82, 2.24) is 4.90 Å². The van der Waals surface area contributed by atoms with Gasteiger partial charge in [-0.25, -0.2) is 0 Å². The van der Waals surface area contributed by atoms with Gasteiger partial charge in [0.15, 0.2) is 0 Å².